The molecule has 1 aromatic heterocycles. The maximum absolute atomic E-state index is 11.9. The Morgan fingerprint density at radius 2 is 2.10 bits per heavy atom. The molecule has 1 aromatic carbocycles. The smallest absolute Gasteiger partial charge is 0.315 e. The molecule has 0 aliphatic heterocycles. The molecule has 0 unspecified atom stereocenters. The molecular weight excluding hydrogens is 270 g/mol. The maximum atomic E-state index is 11.9. The number of imidazole rings is 1. The monoisotopic (exact) mass is 290 g/mol. The zero-order valence-electron chi connectivity index (χ0n) is 11.4. The molecule has 1 saturated carbocycles. The van der Waals surface area contributed by atoms with E-state index in [-0.39, 0.29) is 5.91 Å². The Labute approximate surface area is 122 Å². The van der Waals surface area contributed by atoms with Crippen molar-refractivity contribution in [3.05, 3.63) is 24.3 Å². The highest BCUT2D eigenvalue weighted by atomic mass is 32.2. The Balaban J connectivity index is 1.51. The van der Waals surface area contributed by atoms with Crippen LogP contribution in [0.25, 0.3) is 11.0 Å². The highest BCUT2D eigenvalue weighted by Gasteiger charge is 2.17. The van der Waals surface area contributed by atoms with E-state index in [1.807, 2.05) is 24.3 Å². The Kier molecular flexibility index (Phi) is 4.25. The van der Waals surface area contributed by atoms with E-state index < -0.39 is 0 Å². The third-order valence-corrected chi connectivity index (χ3v) is 4.64. The van der Waals surface area contributed by atoms with E-state index in [9.17, 15) is 4.79 Å². The minimum Gasteiger partial charge on any atom is -0.353 e. The molecule has 5 heteroatoms. The van der Waals surface area contributed by atoms with Crippen LogP contribution in [0.5, 0.6) is 0 Å². The van der Waals surface area contributed by atoms with E-state index in [2.05, 4.69) is 15.3 Å². The summed E-state index contributed by atoms with van der Waals surface area (Å²) in [6.45, 7) is 0. The van der Waals surface area contributed by atoms with E-state index >= 15 is 0 Å². The molecule has 1 aliphatic rings. The molecule has 1 fully saturated rings. The lowest BCUT2D eigenvalue weighted by molar-refractivity contribution is -0.396. The molecule has 0 saturated heterocycles. The van der Waals surface area contributed by atoms with Gasteiger partial charge in [0.05, 0.1) is 5.75 Å². The van der Waals surface area contributed by atoms with Gasteiger partial charge in [0.2, 0.25) is 5.91 Å². The van der Waals surface area contributed by atoms with Crippen LogP contribution in [-0.2, 0) is 4.79 Å². The second-order valence-electron chi connectivity index (χ2n) is 5.32. The van der Waals surface area contributed by atoms with Crippen molar-refractivity contribution in [3.8, 4) is 0 Å². The minimum absolute atomic E-state index is 0.133. The van der Waals surface area contributed by atoms with Crippen LogP contribution < -0.4 is 10.3 Å². The van der Waals surface area contributed by atoms with Gasteiger partial charge < -0.3 is 5.32 Å². The lowest BCUT2D eigenvalue weighted by Crippen LogP contribution is -2.37. The van der Waals surface area contributed by atoms with Crippen LogP contribution in [-0.4, -0.2) is 22.7 Å². The average molecular weight is 290 g/mol. The third-order valence-electron chi connectivity index (χ3n) is 3.74. The van der Waals surface area contributed by atoms with Gasteiger partial charge in [0.25, 0.3) is 0 Å². The van der Waals surface area contributed by atoms with Crippen LogP contribution >= 0.6 is 11.8 Å². The van der Waals surface area contributed by atoms with Gasteiger partial charge in [-0.25, -0.2) is 9.97 Å². The first-order chi connectivity index (χ1) is 9.81. The fourth-order valence-corrected chi connectivity index (χ4v) is 3.43. The maximum Gasteiger partial charge on any atom is 0.315 e. The largest absolute Gasteiger partial charge is 0.353 e. The highest BCUT2D eigenvalue weighted by Crippen LogP contribution is 2.18. The summed E-state index contributed by atoms with van der Waals surface area (Å²) in [6.07, 6.45) is 6.07. The minimum atomic E-state index is 0.133. The molecule has 4 nitrogen and oxygen atoms in total. The summed E-state index contributed by atoms with van der Waals surface area (Å²) in [6, 6.07) is 8.44. The number of amides is 1. The van der Waals surface area contributed by atoms with Gasteiger partial charge in [-0.05, 0) is 36.7 Å². The molecule has 0 bridgehead atoms. The van der Waals surface area contributed by atoms with Crippen LogP contribution in [0.15, 0.2) is 29.4 Å². The van der Waals surface area contributed by atoms with E-state index in [1.165, 1.54) is 31.0 Å². The van der Waals surface area contributed by atoms with Gasteiger partial charge in [0, 0.05) is 6.04 Å². The summed E-state index contributed by atoms with van der Waals surface area (Å²) >= 11 is 1.52. The number of aromatic nitrogens is 2. The van der Waals surface area contributed by atoms with Gasteiger partial charge in [-0.2, -0.15) is 0 Å². The van der Waals surface area contributed by atoms with Crippen molar-refractivity contribution in [1.29, 1.82) is 0 Å². The van der Waals surface area contributed by atoms with Crippen LogP contribution in [0.4, 0.5) is 0 Å². The number of carbonyl (C=O) groups excluding carboxylic acids is 1. The van der Waals surface area contributed by atoms with Gasteiger partial charge in [-0.15, -0.1) is 0 Å². The van der Waals surface area contributed by atoms with E-state index in [1.54, 1.807) is 0 Å². The fraction of sp³-hybridized carbons (Fsp3) is 0.467. The molecule has 0 spiro atoms. The Hall–Kier alpha value is -1.49. The Bertz CT molecular complexity index is 557. The number of aromatic amines is 2. The number of nitrogens with one attached hydrogen (secondary N) is 3. The first kappa shape index (κ1) is 13.5. The van der Waals surface area contributed by atoms with Crippen molar-refractivity contribution in [3.63, 3.8) is 0 Å². The summed E-state index contributed by atoms with van der Waals surface area (Å²) in [4.78, 5) is 18.5. The molecule has 2 aromatic rings. The molecule has 1 aliphatic carbocycles. The number of carbonyl (C=O) groups is 1. The summed E-state index contributed by atoms with van der Waals surface area (Å²) in [5.74, 6) is 0.591. The van der Waals surface area contributed by atoms with Gasteiger partial charge in [-0.1, -0.05) is 31.4 Å². The van der Waals surface area contributed by atoms with Crippen molar-refractivity contribution >= 4 is 28.7 Å². The molecule has 3 rings (SSSR count). The molecule has 3 N–H and O–H groups in total. The quantitative estimate of drug-likeness (QED) is 0.850. The Morgan fingerprint density at radius 1 is 1.30 bits per heavy atom. The molecule has 20 heavy (non-hydrogen) atoms. The van der Waals surface area contributed by atoms with E-state index in [0.717, 1.165) is 29.0 Å². The van der Waals surface area contributed by atoms with E-state index in [4.69, 9.17) is 0 Å². The summed E-state index contributed by atoms with van der Waals surface area (Å²) in [5.41, 5.74) is 2.14. The van der Waals surface area contributed by atoms with Gasteiger partial charge >= 0.3 is 5.16 Å². The van der Waals surface area contributed by atoms with Gasteiger partial charge in [0.15, 0.2) is 11.0 Å². The second-order valence-corrected chi connectivity index (χ2v) is 6.30. The third kappa shape index (κ3) is 3.33. The number of thioether (sulfide) groups is 1. The molecule has 106 valence electrons. The number of rotatable bonds is 4. The predicted octanol–water partition coefficient (Wildman–Crippen LogP) is 2.52. The van der Waals surface area contributed by atoms with Crippen LogP contribution in [0.1, 0.15) is 32.1 Å². The number of H-pyrrole nitrogens is 2. The number of benzene rings is 1. The molecular formula is C15H20N3OS+. The lowest BCUT2D eigenvalue weighted by Gasteiger charge is -2.22. The topological polar surface area (TPSA) is 59.0 Å². The molecule has 0 radical (unpaired) electrons. The van der Waals surface area contributed by atoms with Crippen LogP contribution in [0.2, 0.25) is 0 Å². The first-order valence-corrected chi connectivity index (χ1v) is 8.22. The molecule has 0 atom stereocenters. The zero-order valence-corrected chi connectivity index (χ0v) is 12.3. The van der Waals surface area contributed by atoms with Crippen molar-refractivity contribution < 1.29 is 9.78 Å². The van der Waals surface area contributed by atoms with Gasteiger partial charge in [-0.3, -0.25) is 4.79 Å². The molecule has 1 heterocycles. The van der Waals surface area contributed by atoms with Crippen molar-refractivity contribution in [2.45, 2.75) is 43.3 Å². The summed E-state index contributed by atoms with van der Waals surface area (Å²) in [5, 5.41) is 4.07. The van der Waals surface area contributed by atoms with Crippen LogP contribution in [0.3, 0.4) is 0 Å². The lowest BCUT2D eigenvalue weighted by atomic mass is 9.95. The number of hydrogen-bond acceptors (Lipinski definition) is 2. The summed E-state index contributed by atoms with van der Waals surface area (Å²) in [7, 11) is 0. The normalized spacial score (nSPS) is 16.4. The van der Waals surface area contributed by atoms with Crippen LogP contribution in [0, 0.1) is 0 Å². The average Bonchev–Trinajstić information content (AvgIpc) is 2.89. The first-order valence-electron chi connectivity index (χ1n) is 7.23. The number of fused-ring (bicyclic) bond motifs is 1. The predicted molar refractivity (Wildman–Crippen MR) is 80.6 cm³/mol. The SMILES string of the molecule is O=C(CSc1[nH]c2ccccc2[nH+]1)NC1CCCCC1. The van der Waals surface area contributed by atoms with Crippen molar-refractivity contribution in [2.24, 2.45) is 0 Å². The highest BCUT2D eigenvalue weighted by molar-refractivity contribution is 7.99. The van der Waals surface area contributed by atoms with E-state index in [0.29, 0.717) is 11.8 Å². The second kappa shape index (κ2) is 6.31. The van der Waals surface area contributed by atoms with Crippen molar-refractivity contribution in [1.82, 2.24) is 10.3 Å². The van der Waals surface area contributed by atoms with Gasteiger partial charge in [0.1, 0.15) is 0 Å². The zero-order chi connectivity index (χ0) is 13.8. The Morgan fingerprint density at radius 3 is 2.90 bits per heavy atom. The molecule has 1 amide bonds. The van der Waals surface area contributed by atoms with Crippen molar-refractivity contribution in [2.75, 3.05) is 5.75 Å². The number of hydrogen-bond donors (Lipinski definition) is 2. The fourth-order valence-electron chi connectivity index (χ4n) is 2.70. The standard InChI is InChI=1S/C15H19N3OS/c19-14(16-11-6-2-1-3-7-11)10-20-15-17-12-8-4-5-9-13(12)18-15/h4-5,8-9,11H,1-3,6-7,10H2,(H,16,19)(H,17,18)/p+1. The number of para-hydroxylation sites is 2. The summed E-state index contributed by atoms with van der Waals surface area (Å²) < 4.78 is 0.